The molecular weight excluding hydrogens is 293 g/mol. The largest absolute Gasteiger partial charge is 0.468 e. The van der Waals surface area contributed by atoms with E-state index >= 15 is 0 Å². The van der Waals surface area contributed by atoms with Gasteiger partial charge in [0.25, 0.3) is 0 Å². The lowest BCUT2D eigenvalue weighted by Gasteiger charge is -2.30. The molecule has 2 rings (SSSR count). The number of carbonyl (C=O) groups excluding carboxylic acids is 1. The van der Waals surface area contributed by atoms with Gasteiger partial charge in [0.1, 0.15) is 6.04 Å². The lowest BCUT2D eigenvalue weighted by atomic mass is 10.1. The number of thioether (sulfide) groups is 1. The van der Waals surface area contributed by atoms with Gasteiger partial charge in [-0.1, -0.05) is 35.3 Å². The van der Waals surface area contributed by atoms with E-state index in [1.165, 1.54) is 7.11 Å². The number of nitrogens with one attached hydrogen (secondary N) is 1. The fourth-order valence-electron chi connectivity index (χ4n) is 1.89. The lowest BCUT2D eigenvalue weighted by Crippen LogP contribution is -2.45. The van der Waals surface area contributed by atoms with Crippen LogP contribution in [0.2, 0.25) is 10.0 Å². The average Bonchev–Trinajstić information content (AvgIpc) is 2.41. The van der Waals surface area contributed by atoms with E-state index in [-0.39, 0.29) is 18.1 Å². The summed E-state index contributed by atoms with van der Waals surface area (Å²) >= 11 is 13.9. The first-order chi connectivity index (χ1) is 8.63. The SMILES string of the molecule is COC(=O)C1CSCC(c2cccc(Cl)c2Cl)N1. The molecule has 98 valence electrons. The molecule has 2 unspecified atom stereocenters. The van der Waals surface area contributed by atoms with Gasteiger partial charge in [-0.25, -0.2) is 0 Å². The zero-order valence-corrected chi connectivity index (χ0v) is 12.1. The third kappa shape index (κ3) is 2.94. The minimum atomic E-state index is -0.297. The van der Waals surface area contributed by atoms with Crippen molar-refractivity contribution in [2.45, 2.75) is 12.1 Å². The Labute approximate surface area is 120 Å². The Morgan fingerprint density at radius 3 is 2.94 bits per heavy atom. The van der Waals surface area contributed by atoms with E-state index in [4.69, 9.17) is 27.9 Å². The molecule has 0 aliphatic carbocycles. The summed E-state index contributed by atoms with van der Waals surface area (Å²) in [6.07, 6.45) is 0. The van der Waals surface area contributed by atoms with Crippen molar-refractivity contribution in [2.75, 3.05) is 18.6 Å². The van der Waals surface area contributed by atoms with E-state index < -0.39 is 0 Å². The first kappa shape index (κ1) is 14.0. The van der Waals surface area contributed by atoms with Gasteiger partial charge in [-0.3, -0.25) is 10.1 Å². The number of hydrogen-bond donors (Lipinski definition) is 1. The molecule has 1 aromatic carbocycles. The van der Waals surface area contributed by atoms with Crippen molar-refractivity contribution in [1.29, 1.82) is 0 Å². The van der Waals surface area contributed by atoms with E-state index in [1.54, 1.807) is 17.8 Å². The smallest absolute Gasteiger partial charge is 0.323 e. The number of hydrogen-bond acceptors (Lipinski definition) is 4. The summed E-state index contributed by atoms with van der Waals surface area (Å²) in [5, 5.41) is 4.32. The molecule has 6 heteroatoms. The van der Waals surface area contributed by atoms with Crippen LogP contribution in [0.5, 0.6) is 0 Å². The second-order valence-electron chi connectivity index (χ2n) is 3.98. The number of methoxy groups -OCH3 is 1. The van der Waals surface area contributed by atoms with Crippen LogP contribution in [0.15, 0.2) is 18.2 Å². The number of rotatable bonds is 2. The van der Waals surface area contributed by atoms with Crippen molar-refractivity contribution >= 4 is 40.9 Å². The Balaban J connectivity index is 2.18. The maximum absolute atomic E-state index is 11.5. The minimum Gasteiger partial charge on any atom is -0.468 e. The molecular formula is C12H13Cl2NO2S. The van der Waals surface area contributed by atoms with Crippen LogP contribution in [0.4, 0.5) is 0 Å². The molecule has 0 bridgehead atoms. The van der Waals surface area contributed by atoms with Gasteiger partial charge in [0.15, 0.2) is 0 Å². The number of halogens is 2. The highest BCUT2D eigenvalue weighted by molar-refractivity contribution is 7.99. The first-order valence-corrected chi connectivity index (χ1v) is 7.40. The molecule has 0 aromatic heterocycles. The van der Waals surface area contributed by atoms with Crippen molar-refractivity contribution in [3.05, 3.63) is 33.8 Å². The highest BCUT2D eigenvalue weighted by Crippen LogP contribution is 2.33. The predicted octanol–water partition coefficient (Wildman–Crippen LogP) is 2.91. The van der Waals surface area contributed by atoms with Crippen LogP contribution >= 0.6 is 35.0 Å². The summed E-state index contributed by atoms with van der Waals surface area (Å²) in [6, 6.07) is 5.25. The minimum absolute atomic E-state index is 0.0130. The molecule has 18 heavy (non-hydrogen) atoms. The highest BCUT2D eigenvalue weighted by Gasteiger charge is 2.29. The van der Waals surface area contributed by atoms with E-state index in [1.807, 2.05) is 12.1 Å². The van der Waals surface area contributed by atoms with Crippen LogP contribution in [0, 0.1) is 0 Å². The van der Waals surface area contributed by atoms with Gasteiger partial charge in [-0.05, 0) is 11.6 Å². The van der Waals surface area contributed by atoms with E-state index in [0.29, 0.717) is 15.8 Å². The van der Waals surface area contributed by atoms with Gasteiger partial charge < -0.3 is 4.74 Å². The zero-order valence-electron chi connectivity index (χ0n) is 9.78. The fourth-order valence-corrected chi connectivity index (χ4v) is 3.45. The van der Waals surface area contributed by atoms with Crippen molar-refractivity contribution in [3.8, 4) is 0 Å². The molecule has 0 radical (unpaired) electrons. The zero-order chi connectivity index (χ0) is 13.1. The van der Waals surface area contributed by atoms with Gasteiger partial charge in [-0.2, -0.15) is 11.8 Å². The summed E-state index contributed by atoms with van der Waals surface area (Å²) in [5.41, 5.74) is 0.922. The molecule has 0 amide bonds. The summed E-state index contributed by atoms with van der Waals surface area (Å²) in [5.74, 6) is 1.32. The van der Waals surface area contributed by atoms with Crippen molar-refractivity contribution in [2.24, 2.45) is 0 Å². The van der Waals surface area contributed by atoms with Gasteiger partial charge in [0.2, 0.25) is 0 Å². The Morgan fingerprint density at radius 2 is 2.22 bits per heavy atom. The van der Waals surface area contributed by atoms with Gasteiger partial charge >= 0.3 is 5.97 Å². The van der Waals surface area contributed by atoms with Crippen molar-refractivity contribution in [3.63, 3.8) is 0 Å². The van der Waals surface area contributed by atoms with Crippen LogP contribution in [0.25, 0.3) is 0 Å². The normalized spacial score (nSPS) is 23.7. The molecule has 1 aliphatic heterocycles. The van der Waals surface area contributed by atoms with E-state index in [9.17, 15) is 4.79 Å². The summed E-state index contributed by atoms with van der Waals surface area (Å²) in [4.78, 5) is 11.5. The van der Waals surface area contributed by atoms with Gasteiger partial charge in [0.05, 0.1) is 17.2 Å². The molecule has 3 nitrogen and oxygen atoms in total. The molecule has 1 fully saturated rings. The van der Waals surface area contributed by atoms with Crippen LogP contribution in [0.1, 0.15) is 11.6 Å². The lowest BCUT2D eigenvalue weighted by molar-refractivity contribution is -0.142. The Bertz CT molecular complexity index is 456. The van der Waals surface area contributed by atoms with Crippen molar-refractivity contribution < 1.29 is 9.53 Å². The third-order valence-corrected chi connectivity index (χ3v) is 4.79. The topological polar surface area (TPSA) is 38.3 Å². The van der Waals surface area contributed by atoms with Crippen LogP contribution < -0.4 is 5.32 Å². The standard InChI is InChI=1S/C12H13Cl2NO2S/c1-17-12(16)10-6-18-5-9(15-10)7-3-2-4-8(13)11(7)14/h2-4,9-10,15H,5-6H2,1H3. The van der Waals surface area contributed by atoms with Crippen LogP contribution in [-0.2, 0) is 9.53 Å². The molecule has 1 aromatic rings. The second kappa shape index (κ2) is 6.15. The molecule has 1 heterocycles. The number of carbonyl (C=O) groups is 1. The molecule has 2 atom stereocenters. The maximum Gasteiger partial charge on any atom is 0.323 e. The van der Waals surface area contributed by atoms with Crippen LogP contribution in [-0.4, -0.2) is 30.6 Å². The second-order valence-corrected chi connectivity index (χ2v) is 5.84. The summed E-state index contributed by atoms with van der Waals surface area (Å²) in [7, 11) is 1.39. The molecule has 1 aliphatic rings. The Kier molecular flexibility index (Phi) is 4.78. The van der Waals surface area contributed by atoms with Crippen LogP contribution in [0.3, 0.4) is 0 Å². The van der Waals surface area contributed by atoms with Gasteiger partial charge in [0, 0.05) is 17.5 Å². The summed E-state index contributed by atoms with van der Waals surface area (Å²) in [6.45, 7) is 0. The quantitative estimate of drug-likeness (QED) is 0.853. The van der Waals surface area contributed by atoms with Gasteiger partial charge in [-0.15, -0.1) is 0 Å². The molecule has 0 saturated carbocycles. The number of ether oxygens (including phenoxy) is 1. The molecule has 0 spiro atoms. The molecule has 1 saturated heterocycles. The molecule has 1 N–H and O–H groups in total. The Hall–Kier alpha value is -0.420. The monoisotopic (exact) mass is 305 g/mol. The number of esters is 1. The average molecular weight is 306 g/mol. The Morgan fingerprint density at radius 1 is 1.44 bits per heavy atom. The predicted molar refractivity (Wildman–Crippen MR) is 75.5 cm³/mol. The van der Waals surface area contributed by atoms with Crippen molar-refractivity contribution in [1.82, 2.24) is 5.32 Å². The van der Waals surface area contributed by atoms with E-state index in [0.717, 1.165) is 11.3 Å². The first-order valence-electron chi connectivity index (χ1n) is 5.49. The number of benzene rings is 1. The highest BCUT2D eigenvalue weighted by atomic mass is 35.5. The van der Waals surface area contributed by atoms with E-state index in [2.05, 4.69) is 5.32 Å². The summed E-state index contributed by atoms with van der Waals surface area (Å²) < 4.78 is 4.75. The third-order valence-electron chi connectivity index (χ3n) is 2.81. The fraction of sp³-hybridized carbons (Fsp3) is 0.417. The maximum atomic E-state index is 11.5.